The van der Waals surface area contributed by atoms with E-state index in [2.05, 4.69) is 9.47 Å². The molecular formula is C4H2F2O3. The molecule has 0 unspecified atom stereocenters. The molecule has 1 heterocycles. The summed E-state index contributed by atoms with van der Waals surface area (Å²) < 4.78 is 31.2. The SMILES string of the molecule is O=CC1OC(F)=C(F)O1. The summed E-state index contributed by atoms with van der Waals surface area (Å²) >= 11 is 0. The van der Waals surface area contributed by atoms with Crippen LogP contribution in [0.15, 0.2) is 12.0 Å². The Morgan fingerprint density at radius 1 is 1.33 bits per heavy atom. The van der Waals surface area contributed by atoms with Crippen LogP contribution in [0.25, 0.3) is 0 Å². The van der Waals surface area contributed by atoms with Gasteiger partial charge >= 0.3 is 18.3 Å². The number of ether oxygens (including phenoxy) is 2. The van der Waals surface area contributed by atoms with Crippen LogP contribution in [0.5, 0.6) is 0 Å². The monoisotopic (exact) mass is 136 g/mol. The highest BCUT2D eigenvalue weighted by molar-refractivity contribution is 5.54. The Morgan fingerprint density at radius 2 is 1.78 bits per heavy atom. The molecule has 0 fully saturated rings. The van der Waals surface area contributed by atoms with Crippen molar-refractivity contribution in [3.63, 3.8) is 0 Å². The summed E-state index contributed by atoms with van der Waals surface area (Å²) in [7, 11) is 0. The minimum Gasteiger partial charge on any atom is -0.418 e. The van der Waals surface area contributed by atoms with Gasteiger partial charge in [0.25, 0.3) is 0 Å². The molecule has 3 nitrogen and oxygen atoms in total. The number of aldehydes is 1. The third-order valence-corrected chi connectivity index (χ3v) is 0.705. The van der Waals surface area contributed by atoms with Crippen LogP contribution in [0.3, 0.4) is 0 Å². The number of halogens is 2. The normalized spacial score (nSPS) is 19.3. The zero-order valence-electron chi connectivity index (χ0n) is 4.14. The number of rotatable bonds is 1. The Labute approximate surface area is 48.9 Å². The Bertz CT molecular complexity index is 151. The summed E-state index contributed by atoms with van der Waals surface area (Å²) in [6.45, 7) is 0. The van der Waals surface area contributed by atoms with Crippen LogP contribution >= 0.6 is 0 Å². The lowest BCUT2D eigenvalue weighted by Gasteiger charge is -1.97. The van der Waals surface area contributed by atoms with Gasteiger partial charge < -0.3 is 9.47 Å². The second-order valence-electron chi connectivity index (χ2n) is 1.29. The van der Waals surface area contributed by atoms with Crippen molar-refractivity contribution < 1.29 is 23.0 Å². The van der Waals surface area contributed by atoms with Crippen molar-refractivity contribution in [2.24, 2.45) is 0 Å². The topological polar surface area (TPSA) is 35.5 Å². The molecule has 50 valence electrons. The van der Waals surface area contributed by atoms with Gasteiger partial charge in [-0.05, 0) is 0 Å². The molecule has 5 heteroatoms. The van der Waals surface area contributed by atoms with Crippen LogP contribution in [-0.4, -0.2) is 12.6 Å². The van der Waals surface area contributed by atoms with Gasteiger partial charge in [-0.15, -0.1) is 0 Å². The summed E-state index contributed by atoms with van der Waals surface area (Å²) in [5, 5.41) is 0. The third kappa shape index (κ3) is 0.984. The lowest BCUT2D eigenvalue weighted by atomic mass is 10.7. The molecule has 1 rings (SSSR count). The molecule has 0 bridgehead atoms. The molecule has 9 heavy (non-hydrogen) atoms. The van der Waals surface area contributed by atoms with E-state index in [1.54, 1.807) is 0 Å². The zero-order chi connectivity index (χ0) is 6.85. The van der Waals surface area contributed by atoms with Gasteiger partial charge in [0.15, 0.2) is 0 Å². The minimum atomic E-state index is -1.48. The number of hydrogen-bond donors (Lipinski definition) is 0. The fourth-order valence-corrected chi connectivity index (χ4v) is 0.376. The molecule has 1 aliphatic rings. The van der Waals surface area contributed by atoms with E-state index in [0.717, 1.165) is 0 Å². The molecule has 0 saturated heterocycles. The fraction of sp³-hybridized carbons (Fsp3) is 0.250. The quantitative estimate of drug-likeness (QED) is 0.496. The van der Waals surface area contributed by atoms with Gasteiger partial charge in [0.05, 0.1) is 0 Å². The van der Waals surface area contributed by atoms with Gasteiger partial charge in [0.1, 0.15) is 0 Å². The van der Waals surface area contributed by atoms with Gasteiger partial charge in [-0.2, -0.15) is 8.78 Å². The first-order valence-corrected chi connectivity index (χ1v) is 2.08. The average molecular weight is 136 g/mol. The maximum atomic E-state index is 11.8. The molecule has 0 aromatic rings. The molecular weight excluding hydrogens is 134 g/mol. The number of carbonyl (C=O) groups excluding carboxylic acids is 1. The summed E-state index contributed by atoms with van der Waals surface area (Å²) in [5.41, 5.74) is 0. The minimum absolute atomic E-state index is 0.145. The molecule has 0 aromatic heterocycles. The van der Waals surface area contributed by atoms with Crippen molar-refractivity contribution in [2.45, 2.75) is 6.29 Å². The van der Waals surface area contributed by atoms with Gasteiger partial charge in [0.2, 0.25) is 6.29 Å². The Balaban J connectivity index is 2.58. The van der Waals surface area contributed by atoms with E-state index < -0.39 is 18.3 Å². The van der Waals surface area contributed by atoms with Gasteiger partial charge in [-0.25, -0.2) is 0 Å². The van der Waals surface area contributed by atoms with Crippen LogP contribution in [-0.2, 0) is 14.3 Å². The van der Waals surface area contributed by atoms with Gasteiger partial charge in [-0.3, -0.25) is 4.79 Å². The smallest absolute Gasteiger partial charge is 0.350 e. The first-order valence-electron chi connectivity index (χ1n) is 2.08. The van der Waals surface area contributed by atoms with Crippen molar-refractivity contribution >= 4 is 6.29 Å². The first-order chi connectivity index (χ1) is 4.24. The van der Waals surface area contributed by atoms with E-state index >= 15 is 0 Å². The highest BCUT2D eigenvalue weighted by Crippen LogP contribution is 2.21. The number of hydrogen-bond acceptors (Lipinski definition) is 3. The van der Waals surface area contributed by atoms with E-state index in [1.165, 1.54) is 0 Å². The van der Waals surface area contributed by atoms with Crippen LogP contribution in [0, 0.1) is 0 Å². The lowest BCUT2D eigenvalue weighted by Crippen LogP contribution is -2.08. The fourth-order valence-electron chi connectivity index (χ4n) is 0.376. The third-order valence-electron chi connectivity index (χ3n) is 0.705. The first kappa shape index (κ1) is 6.00. The zero-order valence-corrected chi connectivity index (χ0v) is 4.14. The highest BCUT2D eigenvalue weighted by atomic mass is 19.2. The highest BCUT2D eigenvalue weighted by Gasteiger charge is 2.26. The maximum Gasteiger partial charge on any atom is 0.350 e. The van der Waals surface area contributed by atoms with Crippen LogP contribution in [0.2, 0.25) is 0 Å². The molecule has 0 aromatic carbocycles. The van der Waals surface area contributed by atoms with Crippen molar-refractivity contribution in [1.82, 2.24) is 0 Å². The van der Waals surface area contributed by atoms with Crippen LogP contribution < -0.4 is 0 Å². The summed E-state index contributed by atoms with van der Waals surface area (Å²) in [4.78, 5) is 9.69. The van der Waals surface area contributed by atoms with E-state index in [4.69, 9.17) is 0 Å². The van der Waals surface area contributed by atoms with Gasteiger partial charge in [-0.1, -0.05) is 0 Å². The molecule has 0 amide bonds. The van der Waals surface area contributed by atoms with Crippen molar-refractivity contribution in [1.29, 1.82) is 0 Å². The second-order valence-corrected chi connectivity index (χ2v) is 1.29. The van der Waals surface area contributed by atoms with E-state index in [1.807, 2.05) is 0 Å². The van der Waals surface area contributed by atoms with Crippen LogP contribution in [0.4, 0.5) is 8.78 Å². The van der Waals surface area contributed by atoms with E-state index in [-0.39, 0.29) is 6.29 Å². The predicted molar refractivity (Wildman–Crippen MR) is 21.3 cm³/mol. The second kappa shape index (κ2) is 2.00. The molecule has 0 spiro atoms. The summed E-state index contributed by atoms with van der Waals surface area (Å²) in [6, 6.07) is -2.96. The van der Waals surface area contributed by atoms with Crippen molar-refractivity contribution in [2.75, 3.05) is 0 Å². The molecule has 0 atom stereocenters. The van der Waals surface area contributed by atoms with Gasteiger partial charge in [0, 0.05) is 0 Å². The molecule has 0 aliphatic carbocycles. The average Bonchev–Trinajstić information content (AvgIpc) is 2.13. The van der Waals surface area contributed by atoms with Crippen LogP contribution in [0.1, 0.15) is 0 Å². The molecule has 0 radical (unpaired) electrons. The Morgan fingerprint density at radius 3 is 2.00 bits per heavy atom. The molecule has 1 aliphatic heterocycles. The maximum absolute atomic E-state index is 11.8. The predicted octanol–water partition coefficient (Wildman–Crippen LogP) is 0.624. The molecule has 0 N–H and O–H groups in total. The van der Waals surface area contributed by atoms with E-state index in [0.29, 0.717) is 0 Å². The van der Waals surface area contributed by atoms with Crippen molar-refractivity contribution in [3.8, 4) is 0 Å². The summed E-state index contributed by atoms with van der Waals surface area (Å²) in [6.07, 6.45) is -1.31. The lowest BCUT2D eigenvalue weighted by molar-refractivity contribution is -0.133. The standard InChI is InChI=1S/C4H2F2O3/c5-3-4(6)9-2(1-7)8-3/h1-2H. The molecule has 0 saturated carbocycles. The Hall–Kier alpha value is -1.13. The van der Waals surface area contributed by atoms with E-state index in [9.17, 15) is 13.6 Å². The number of carbonyl (C=O) groups is 1. The summed E-state index contributed by atoms with van der Waals surface area (Å²) in [5.74, 6) is 0. The Kier molecular flexibility index (Phi) is 1.33. The largest absolute Gasteiger partial charge is 0.418 e. The van der Waals surface area contributed by atoms with Crippen molar-refractivity contribution in [3.05, 3.63) is 12.0 Å².